The summed E-state index contributed by atoms with van der Waals surface area (Å²) in [5.74, 6) is -0.458. The number of nitrogens with two attached hydrogens (primary N) is 1. The van der Waals surface area contributed by atoms with Gasteiger partial charge in [-0.3, -0.25) is 4.79 Å². The minimum Gasteiger partial charge on any atom is -0.445 e. The van der Waals surface area contributed by atoms with Crippen molar-refractivity contribution in [3.05, 3.63) is 35.9 Å². The van der Waals surface area contributed by atoms with Crippen LogP contribution in [0.15, 0.2) is 30.3 Å². The van der Waals surface area contributed by atoms with Crippen LogP contribution in [0.4, 0.5) is 4.79 Å². The predicted molar refractivity (Wildman–Crippen MR) is 63.0 cm³/mol. The smallest absolute Gasteiger partial charge is 0.407 e. The van der Waals surface area contributed by atoms with E-state index in [9.17, 15) is 9.59 Å². The van der Waals surface area contributed by atoms with Gasteiger partial charge in [-0.2, -0.15) is 0 Å². The number of hydrogen-bond donors (Lipinski definition) is 2. The second-order valence-corrected chi connectivity index (χ2v) is 3.78. The third-order valence-electron chi connectivity index (χ3n) is 2.08. The number of benzene rings is 1. The Bertz CT molecular complexity index is 379. The number of carbonyl (C=O) groups is 2. The lowest BCUT2D eigenvalue weighted by Gasteiger charge is -2.12. The summed E-state index contributed by atoms with van der Waals surface area (Å²) in [7, 11) is 0. The Morgan fingerprint density at radius 3 is 2.59 bits per heavy atom. The van der Waals surface area contributed by atoms with Crippen molar-refractivity contribution in [2.75, 3.05) is 0 Å². The van der Waals surface area contributed by atoms with Crippen LogP contribution in [0.2, 0.25) is 0 Å². The van der Waals surface area contributed by atoms with Crippen molar-refractivity contribution in [3.8, 4) is 0 Å². The van der Waals surface area contributed by atoms with Crippen molar-refractivity contribution in [2.24, 2.45) is 5.73 Å². The summed E-state index contributed by atoms with van der Waals surface area (Å²) in [6, 6.07) is 9.02. The molecule has 0 fully saturated rings. The first-order chi connectivity index (χ1) is 8.08. The van der Waals surface area contributed by atoms with Gasteiger partial charge in [0.25, 0.3) is 0 Å². The average Bonchev–Trinajstić information content (AvgIpc) is 2.26. The zero-order valence-corrected chi connectivity index (χ0v) is 9.68. The molecule has 0 saturated carbocycles. The molecule has 0 saturated heterocycles. The van der Waals surface area contributed by atoms with Crippen LogP contribution >= 0.6 is 0 Å². The zero-order valence-electron chi connectivity index (χ0n) is 9.68. The molecule has 3 N–H and O–H groups in total. The van der Waals surface area contributed by atoms with Gasteiger partial charge in [0.2, 0.25) is 5.91 Å². The molecule has 2 amide bonds. The molecular weight excluding hydrogens is 220 g/mol. The molecule has 5 nitrogen and oxygen atoms in total. The number of nitrogens with one attached hydrogen (secondary N) is 1. The van der Waals surface area contributed by atoms with Crippen molar-refractivity contribution in [1.82, 2.24) is 5.32 Å². The van der Waals surface area contributed by atoms with E-state index in [0.717, 1.165) is 5.56 Å². The first-order valence-electron chi connectivity index (χ1n) is 5.33. The fraction of sp³-hybridized carbons (Fsp3) is 0.333. The first-order valence-corrected chi connectivity index (χ1v) is 5.33. The Kier molecular flexibility index (Phi) is 5.00. The van der Waals surface area contributed by atoms with Crippen LogP contribution in [0, 0.1) is 0 Å². The van der Waals surface area contributed by atoms with Crippen LogP contribution in [-0.4, -0.2) is 18.0 Å². The van der Waals surface area contributed by atoms with E-state index in [0.29, 0.717) is 0 Å². The molecule has 0 bridgehead atoms. The third kappa shape index (κ3) is 5.55. The number of rotatable bonds is 5. The molecule has 0 aliphatic carbocycles. The Hall–Kier alpha value is -2.04. The molecule has 0 aliphatic rings. The highest BCUT2D eigenvalue weighted by molar-refractivity contribution is 5.75. The molecule has 0 unspecified atom stereocenters. The van der Waals surface area contributed by atoms with Crippen LogP contribution in [-0.2, 0) is 16.1 Å². The van der Waals surface area contributed by atoms with Crippen molar-refractivity contribution in [3.63, 3.8) is 0 Å². The molecule has 1 aromatic rings. The van der Waals surface area contributed by atoms with E-state index in [-0.39, 0.29) is 19.1 Å². The molecule has 17 heavy (non-hydrogen) atoms. The molecular formula is C12H16N2O3. The van der Waals surface area contributed by atoms with Crippen LogP contribution in [0.5, 0.6) is 0 Å². The maximum atomic E-state index is 11.3. The van der Waals surface area contributed by atoms with Crippen LogP contribution < -0.4 is 11.1 Å². The molecule has 0 heterocycles. The highest BCUT2D eigenvalue weighted by Gasteiger charge is 2.10. The van der Waals surface area contributed by atoms with E-state index in [1.54, 1.807) is 6.92 Å². The molecule has 0 aliphatic heterocycles. The van der Waals surface area contributed by atoms with E-state index in [1.807, 2.05) is 30.3 Å². The van der Waals surface area contributed by atoms with Gasteiger partial charge in [-0.05, 0) is 12.5 Å². The van der Waals surface area contributed by atoms with Gasteiger partial charge in [-0.1, -0.05) is 30.3 Å². The van der Waals surface area contributed by atoms with Crippen LogP contribution in [0.25, 0.3) is 0 Å². The topological polar surface area (TPSA) is 81.4 Å². The number of primary amides is 1. The molecule has 0 spiro atoms. The SMILES string of the molecule is C[C@H](CC(N)=O)NC(=O)OCc1ccccc1. The minimum absolute atomic E-state index is 0.0977. The Balaban J connectivity index is 2.28. The van der Waals surface area contributed by atoms with Crippen molar-refractivity contribution >= 4 is 12.0 Å². The summed E-state index contributed by atoms with van der Waals surface area (Å²) >= 11 is 0. The van der Waals surface area contributed by atoms with Crippen molar-refractivity contribution in [2.45, 2.75) is 26.0 Å². The van der Waals surface area contributed by atoms with Gasteiger partial charge in [0.1, 0.15) is 6.61 Å². The molecule has 1 rings (SSSR count). The van der Waals surface area contributed by atoms with Gasteiger partial charge in [0.05, 0.1) is 0 Å². The van der Waals surface area contributed by atoms with Gasteiger partial charge in [0, 0.05) is 12.5 Å². The highest BCUT2D eigenvalue weighted by atomic mass is 16.5. The Labute approximate surface area is 99.9 Å². The number of alkyl carbamates (subject to hydrolysis) is 1. The summed E-state index contributed by atoms with van der Waals surface area (Å²) in [5.41, 5.74) is 5.91. The van der Waals surface area contributed by atoms with E-state index in [2.05, 4.69) is 5.32 Å². The lowest BCUT2D eigenvalue weighted by Crippen LogP contribution is -2.35. The van der Waals surface area contributed by atoms with Crippen molar-refractivity contribution < 1.29 is 14.3 Å². The normalized spacial score (nSPS) is 11.6. The minimum atomic E-state index is -0.553. The number of carbonyl (C=O) groups excluding carboxylic acids is 2. The Morgan fingerprint density at radius 2 is 2.00 bits per heavy atom. The van der Waals surface area contributed by atoms with Gasteiger partial charge in [-0.15, -0.1) is 0 Å². The molecule has 0 aromatic heterocycles. The van der Waals surface area contributed by atoms with Crippen molar-refractivity contribution in [1.29, 1.82) is 0 Å². The monoisotopic (exact) mass is 236 g/mol. The number of hydrogen-bond acceptors (Lipinski definition) is 3. The maximum absolute atomic E-state index is 11.3. The van der Waals surface area contributed by atoms with Gasteiger partial charge in [0.15, 0.2) is 0 Å². The number of amides is 2. The predicted octanol–water partition coefficient (Wildman–Crippen LogP) is 1.18. The van der Waals surface area contributed by atoms with Crippen LogP contribution in [0.3, 0.4) is 0 Å². The van der Waals surface area contributed by atoms with Crippen LogP contribution in [0.1, 0.15) is 18.9 Å². The summed E-state index contributed by atoms with van der Waals surface area (Å²) in [6.07, 6.45) is -0.455. The molecule has 92 valence electrons. The quantitative estimate of drug-likeness (QED) is 0.805. The Morgan fingerprint density at radius 1 is 1.35 bits per heavy atom. The molecule has 1 atom stereocenters. The second kappa shape index (κ2) is 6.52. The molecule has 0 radical (unpaired) electrons. The summed E-state index contributed by atoms with van der Waals surface area (Å²) in [5, 5.41) is 2.52. The zero-order chi connectivity index (χ0) is 12.7. The maximum Gasteiger partial charge on any atom is 0.407 e. The molecule has 1 aromatic carbocycles. The highest BCUT2D eigenvalue weighted by Crippen LogP contribution is 2.01. The van der Waals surface area contributed by atoms with Gasteiger partial charge in [-0.25, -0.2) is 4.79 Å². The van der Waals surface area contributed by atoms with E-state index >= 15 is 0 Å². The molecule has 5 heteroatoms. The largest absolute Gasteiger partial charge is 0.445 e. The summed E-state index contributed by atoms with van der Waals surface area (Å²) in [6.45, 7) is 1.89. The standard InChI is InChI=1S/C12H16N2O3/c1-9(7-11(13)15)14-12(16)17-8-10-5-3-2-4-6-10/h2-6,9H,7-8H2,1H3,(H2,13,15)(H,14,16)/t9-/m1/s1. The first kappa shape index (κ1) is 13.0. The van der Waals surface area contributed by atoms with Gasteiger partial charge < -0.3 is 15.8 Å². The lowest BCUT2D eigenvalue weighted by atomic mass is 10.2. The van der Waals surface area contributed by atoms with E-state index in [4.69, 9.17) is 10.5 Å². The summed E-state index contributed by atoms with van der Waals surface area (Å²) in [4.78, 5) is 21.9. The fourth-order valence-corrected chi connectivity index (χ4v) is 1.32. The van der Waals surface area contributed by atoms with E-state index in [1.165, 1.54) is 0 Å². The number of ether oxygens (including phenoxy) is 1. The summed E-state index contributed by atoms with van der Waals surface area (Å²) < 4.78 is 4.98. The van der Waals surface area contributed by atoms with E-state index < -0.39 is 12.0 Å². The fourth-order valence-electron chi connectivity index (χ4n) is 1.32. The second-order valence-electron chi connectivity index (χ2n) is 3.78. The third-order valence-corrected chi connectivity index (χ3v) is 2.08. The lowest BCUT2D eigenvalue weighted by molar-refractivity contribution is -0.118. The average molecular weight is 236 g/mol. The van der Waals surface area contributed by atoms with Gasteiger partial charge >= 0.3 is 6.09 Å².